The SMILES string of the molecule is CC(C)c1ccccc1N1CCC(NC(=O)OCC2c3ccccc3-c3ccccc32)(C(=O)O)CC1. The van der Waals surface area contributed by atoms with Crippen LogP contribution in [-0.4, -0.2) is 42.4 Å². The molecule has 1 aliphatic heterocycles. The molecule has 0 radical (unpaired) electrons. The molecule has 1 saturated heterocycles. The fourth-order valence-electron chi connectivity index (χ4n) is 5.62. The zero-order chi connectivity index (χ0) is 25.3. The van der Waals surface area contributed by atoms with Crippen LogP contribution in [-0.2, 0) is 9.53 Å². The van der Waals surface area contributed by atoms with Crippen molar-refractivity contribution < 1.29 is 19.4 Å². The van der Waals surface area contributed by atoms with E-state index < -0.39 is 17.6 Å². The lowest BCUT2D eigenvalue weighted by molar-refractivity contribution is -0.145. The Morgan fingerprint density at radius 3 is 2.08 bits per heavy atom. The number of aliphatic carboxylic acids is 1. The van der Waals surface area contributed by atoms with Crippen molar-refractivity contribution in [3.8, 4) is 11.1 Å². The molecule has 5 rings (SSSR count). The number of nitrogens with zero attached hydrogens (tertiary/aromatic N) is 1. The van der Waals surface area contributed by atoms with Crippen LogP contribution in [0.15, 0.2) is 72.8 Å². The van der Waals surface area contributed by atoms with Crippen LogP contribution < -0.4 is 10.2 Å². The van der Waals surface area contributed by atoms with Crippen LogP contribution in [0.25, 0.3) is 11.1 Å². The van der Waals surface area contributed by atoms with Gasteiger partial charge in [0.15, 0.2) is 0 Å². The van der Waals surface area contributed by atoms with E-state index in [0.29, 0.717) is 31.8 Å². The van der Waals surface area contributed by atoms with Crippen molar-refractivity contribution in [2.24, 2.45) is 0 Å². The molecule has 0 aromatic heterocycles. The third kappa shape index (κ3) is 4.32. The third-order valence-electron chi connectivity index (χ3n) is 7.61. The van der Waals surface area contributed by atoms with Gasteiger partial charge in [-0.15, -0.1) is 0 Å². The molecule has 0 atom stereocenters. The van der Waals surface area contributed by atoms with Gasteiger partial charge in [-0.05, 0) is 52.6 Å². The summed E-state index contributed by atoms with van der Waals surface area (Å²) >= 11 is 0. The smallest absolute Gasteiger partial charge is 0.408 e. The van der Waals surface area contributed by atoms with Gasteiger partial charge < -0.3 is 20.1 Å². The predicted molar refractivity (Wildman–Crippen MR) is 141 cm³/mol. The Bertz CT molecular complexity index is 1230. The van der Waals surface area contributed by atoms with Gasteiger partial charge in [0.2, 0.25) is 0 Å². The molecule has 2 aliphatic rings. The van der Waals surface area contributed by atoms with E-state index in [0.717, 1.165) is 27.9 Å². The van der Waals surface area contributed by atoms with E-state index in [9.17, 15) is 14.7 Å². The molecule has 6 heteroatoms. The van der Waals surface area contributed by atoms with Crippen molar-refractivity contribution in [3.05, 3.63) is 89.5 Å². The zero-order valence-electron chi connectivity index (χ0n) is 20.7. The topological polar surface area (TPSA) is 78.9 Å². The number of rotatable bonds is 6. The van der Waals surface area contributed by atoms with Crippen molar-refractivity contribution in [1.82, 2.24) is 5.32 Å². The van der Waals surface area contributed by atoms with Crippen molar-refractivity contribution in [2.45, 2.75) is 44.1 Å². The Balaban J connectivity index is 1.26. The largest absolute Gasteiger partial charge is 0.480 e. The number of amides is 1. The first-order valence-corrected chi connectivity index (χ1v) is 12.6. The van der Waals surface area contributed by atoms with Crippen LogP contribution in [0.2, 0.25) is 0 Å². The maximum atomic E-state index is 12.9. The first-order valence-electron chi connectivity index (χ1n) is 12.6. The summed E-state index contributed by atoms with van der Waals surface area (Å²) in [6.07, 6.45) is -0.0759. The minimum Gasteiger partial charge on any atom is -0.480 e. The first kappa shape index (κ1) is 23.9. The molecule has 6 nitrogen and oxygen atoms in total. The standard InChI is InChI=1S/C30H32N2O4/c1-20(2)21-9-7-8-14-27(21)32-17-15-30(16-18-32,28(33)34)31-29(35)36-19-26-24-12-5-3-10-22(24)23-11-4-6-13-25(23)26/h3-14,20,26H,15-19H2,1-2H3,(H,31,35)(H,33,34). The molecule has 1 fully saturated rings. The summed E-state index contributed by atoms with van der Waals surface area (Å²) in [6, 6.07) is 24.5. The molecule has 0 spiro atoms. The van der Waals surface area contributed by atoms with Gasteiger partial charge in [-0.1, -0.05) is 80.6 Å². The Morgan fingerprint density at radius 2 is 1.50 bits per heavy atom. The molecule has 0 saturated carbocycles. The molecule has 0 unspecified atom stereocenters. The van der Waals surface area contributed by atoms with Gasteiger partial charge in [0.1, 0.15) is 12.1 Å². The molecular formula is C30H32N2O4. The number of ether oxygens (including phenoxy) is 1. The number of carbonyl (C=O) groups is 2. The van der Waals surface area contributed by atoms with Crippen LogP contribution in [0, 0.1) is 0 Å². The van der Waals surface area contributed by atoms with E-state index in [1.807, 2.05) is 36.4 Å². The summed E-state index contributed by atoms with van der Waals surface area (Å²) in [5.41, 5.74) is 5.58. The fourth-order valence-corrected chi connectivity index (χ4v) is 5.62. The molecule has 186 valence electrons. The van der Waals surface area contributed by atoms with E-state index in [1.54, 1.807) is 0 Å². The highest BCUT2D eigenvalue weighted by Gasteiger charge is 2.44. The Labute approximate surface area is 211 Å². The Morgan fingerprint density at radius 1 is 0.944 bits per heavy atom. The quantitative estimate of drug-likeness (QED) is 0.464. The highest BCUT2D eigenvalue weighted by atomic mass is 16.5. The van der Waals surface area contributed by atoms with Crippen LogP contribution in [0.5, 0.6) is 0 Å². The highest BCUT2D eigenvalue weighted by Crippen LogP contribution is 2.44. The number of hydrogen-bond donors (Lipinski definition) is 2. The highest BCUT2D eigenvalue weighted by molar-refractivity contribution is 5.85. The molecule has 1 amide bonds. The molecule has 1 heterocycles. The van der Waals surface area contributed by atoms with Gasteiger partial charge in [-0.25, -0.2) is 9.59 Å². The summed E-state index contributed by atoms with van der Waals surface area (Å²) in [5, 5.41) is 12.8. The normalized spacial score (nSPS) is 16.4. The number of piperidine rings is 1. The van der Waals surface area contributed by atoms with E-state index in [4.69, 9.17) is 4.74 Å². The number of carboxylic acid groups (broad SMARTS) is 1. The van der Waals surface area contributed by atoms with Gasteiger partial charge in [-0.3, -0.25) is 0 Å². The van der Waals surface area contributed by atoms with Crippen molar-refractivity contribution in [3.63, 3.8) is 0 Å². The monoisotopic (exact) mass is 484 g/mol. The average molecular weight is 485 g/mol. The molecular weight excluding hydrogens is 452 g/mol. The van der Waals surface area contributed by atoms with Crippen LogP contribution in [0.1, 0.15) is 55.2 Å². The van der Waals surface area contributed by atoms with Crippen molar-refractivity contribution in [2.75, 3.05) is 24.6 Å². The molecule has 1 aliphatic carbocycles. The lowest BCUT2D eigenvalue weighted by atomic mass is 9.86. The molecule has 3 aromatic rings. The second-order valence-electron chi connectivity index (χ2n) is 10.0. The summed E-state index contributed by atoms with van der Waals surface area (Å²) in [4.78, 5) is 27.4. The van der Waals surface area contributed by atoms with Crippen LogP contribution in [0.3, 0.4) is 0 Å². The number of fused-ring (bicyclic) bond motifs is 3. The second-order valence-corrected chi connectivity index (χ2v) is 10.0. The minimum absolute atomic E-state index is 0.0710. The third-order valence-corrected chi connectivity index (χ3v) is 7.61. The average Bonchev–Trinajstić information content (AvgIpc) is 3.21. The number of hydrogen-bond acceptors (Lipinski definition) is 4. The number of benzene rings is 3. The van der Waals surface area contributed by atoms with E-state index in [-0.39, 0.29) is 12.5 Å². The van der Waals surface area contributed by atoms with Crippen LogP contribution >= 0.6 is 0 Å². The molecule has 3 aromatic carbocycles. The van der Waals surface area contributed by atoms with Crippen molar-refractivity contribution in [1.29, 1.82) is 0 Å². The summed E-state index contributed by atoms with van der Waals surface area (Å²) in [6.45, 7) is 5.55. The van der Waals surface area contributed by atoms with Crippen LogP contribution in [0.4, 0.5) is 10.5 Å². The number of carboxylic acids is 1. The van der Waals surface area contributed by atoms with Gasteiger partial charge in [0.05, 0.1) is 0 Å². The van der Waals surface area contributed by atoms with Crippen molar-refractivity contribution >= 4 is 17.7 Å². The van der Waals surface area contributed by atoms with Gasteiger partial charge in [0, 0.05) is 24.7 Å². The summed E-state index contributed by atoms with van der Waals surface area (Å²) in [7, 11) is 0. The molecule has 2 N–H and O–H groups in total. The summed E-state index contributed by atoms with van der Waals surface area (Å²) < 4.78 is 5.65. The maximum absolute atomic E-state index is 12.9. The molecule has 36 heavy (non-hydrogen) atoms. The number of nitrogens with one attached hydrogen (secondary N) is 1. The zero-order valence-corrected chi connectivity index (χ0v) is 20.7. The lowest BCUT2D eigenvalue weighted by Gasteiger charge is -2.40. The van der Waals surface area contributed by atoms with Gasteiger partial charge >= 0.3 is 12.1 Å². The maximum Gasteiger partial charge on any atom is 0.408 e. The Kier molecular flexibility index (Phi) is 6.44. The second kappa shape index (κ2) is 9.69. The van der Waals surface area contributed by atoms with Gasteiger partial charge in [0.25, 0.3) is 0 Å². The fraction of sp³-hybridized carbons (Fsp3) is 0.333. The lowest BCUT2D eigenvalue weighted by Crippen LogP contribution is -2.60. The number of para-hydroxylation sites is 1. The first-order chi connectivity index (χ1) is 17.4. The minimum atomic E-state index is -1.34. The van der Waals surface area contributed by atoms with Gasteiger partial charge in [-0.2, -0.15) is 0 Å². The number of alkyl carbamates (subject to hydrolysis) is 1. The number of carbonyl (C=O) groups excluding carboxylic acids is 1. The van der Waals surface area contributed by atoms with E-state index in [2.05, 4.69) is 60.5 Å². The van der Waals surface area contributed by atoms with E-state index >= 15 is 0 Å². The predicted octanol–water partition coefficient (Wildman–Crippen LogP) is 5.77. The Hall–Kier alpha value is -3.80. The number of anilines is 1. The molecule has 0 bridgehead atoms. The van der Waals surface area contributed by atoms with E-state index in [1.165, 1.54) is 5.56 Å². The summed E-state index contributed by atoms with van der Waals surface area (Å²) in [5.74, 6) is -0.725.